The summed E-state index contributed by atoms with van der Waals surface area (Å²) in [7, 11) is 0. The predicted molar refractivity (Wildman–Crippen MR) is 71.6 cm³/mol. The molecular formula is C13H26N2O3. The van der Waals surface area contributed by atoms with E-state index in [0.29, 0.717) is 19.0 Å². The first-order valence-electron chi connectivity index (χ1n) is 6.60. The molecule has 0 spiro atoms. The third-order valence-corrected chi connectivity index (χ3v) is 3.06. The minimum absolute atomic E-state index is 0.111. The van der Waals surface area contributed by atoms with E-state index in [1.165, 1.54) is 4.90 Å². The number of amides is 2. The molecule has 0 radical (unpaired) electrons. The molecule has 1 N–H and O–H groups in total. The minimum Gasteiger partial charge on any atom is -0.480 e. The van der Waals surface area contributed by atoms with E-state index in [9.17, 15) is 9.59 Å². The summed E-state index contributed by atoms with van der Waals surface area (Å²) in [6.45, 7) is 10.8. The van der Waals surface area contributed by atoms with Gasteiger partial charge in [-0.15, -0.1) is 0 Å². The van der Waals surface area contributed by atoms with Crippen LogP contribution in [0.5, 0.6) is 0 Å². The summed E-state index contributed by atoms with van der Waals surface area (Å²) in [6, 6.07) is -0.296. The average molecular weight is 258 g/mol. The van der Waals surface area contributed by atoms with Crippen molar-refractivity contribution in [1.82, 2.24) is 9.80 Å². The van der Waals surface area contributed by atoms with Gasteiger partial charge in [0.25, 0.3) is 0 Å². The van der Waals surface area contributed by atoms with E-state index in [0.717, 1.165) is 6.42 Å². The van der Waals surface area contributed by atoms with Crippen LogP contribution in [-0.4, -0.2) is 52.6 Å². The Bertz CT molecular complexity index is 279. The lowest BCUT2D eigenvalue weighted by Gasteiger charge is -2.33. The summed E-state index contributed by atoms with van der Waals surface area (Å²) in [4.78, 5) is 26.2. The molecule has 0 aromatic rings. The van der Waals surface area contributed by atoms with Crippen molar-refractivity contribution in [3.8, 4) is 0 Å². The largest absolute Gasteiger partial charge is 0.480 e. The Labute approximate surface area is 110 Å². The minimum atomic E-state index is -0.975. The van der Waals surface area contributed by atoms with Gasteiger partial charge in [-0.3, -0.25) is 4.79 Å². The SMILES string of the molecule is CCC(C)CN(CC)C(=O)N(CC(=O)O)C(C)C. The fourth-order valence-electron chi connectivity index (χ4n) is 1.65. The van der Waals surface area contributed by atoms with Crippen LogP contribution in [0, 0.1) is 5.92 Å². The molecule has 5 nitrogen and oxygen atoms in total. The van der Waals surface area contributed by atoms with Crippen LogP contribution in [-0.2, 0) is 4.79 Å². The maximum Gasteiger partial charge on any atom is 0.323 e. The van der Waals surface area contributed by atoms with Crippen LogP contribution >= 0.6 is 0 Å². The monoisotopic (exact) mass is 258 g/mol. The van der Waals surface area contributed by atoms with Crippen LogP contribution in [0.4, 0.5) is 4.79 Å². The maximum atomic E-state index is 12.3. The summed E-state index contributed by atoms with van der Waals surface area (Å²) in [5.74, 6) is -0.551. The average Bonchev–Trinajstić information content (AvgIpc) is 2.31. The van der Waals surface area contributed by atoms with Gasteiger partial charge in [-0.25, -0.2) is 4.79 Å². The summed E-state index contributed by atoms with van der Waals surface area (Å²) in [5, 5.41) is 8.85. The number of rotatable bonds is 7. The van der Waals surface area contributed by atoms with Crippen molar-refractivity contribution < 1.29 is 14.7 Å². The number of aliphatic carboxylic acids is 1. The van der Waals surface area contributed by atoms with Crippen molar-refractivity contribution in [3.05, 3.63) is 0 Å². The van der Waals surface area contributed by atoms with Gasteiger partial charge in [0, 0.05) is 19.1 Å². The van der Waals surface area contributed by atoms with Crippen LogP contribution in [0.3, 0.4) is 0 Å². The van der Waals surface area contributed by atoms with Crippen LogP contribution in [0.2, 0.25) is 0 Å². The second-order valence-corrected chi connectivity index (χ2v) is 4.95. The molecule has 0 fully saturated rings. The third-order valence-electron chi connectivity index (χ3n) is 3.06. The lowest BCUT2D eigenvalue weighted by atomic mass is 10.1. The fourth-order valence-corrected chi connectivity index (χ4v) is 1.65. The van der Waals surface area contributed by atoms with Gasteiger partial charge >= 0.3 is 12.0 Å². The maximum absolute atomic E-state index is 12.3. The molecule has 0 aliphatic carbocycles. The highest BCUT2D eigenvalue weighted by Crippen LogP contribution is 2.09. The zero-order chi connectivity index (χ0) is 14.3. The molecule has 0 saturated carbocycles. The second kappa shape index (κ2) is 7.95. The number of hydrogen-bond donors (Lipinski definition) is 1. The Balaban J connectivity index is 4.75. The van der Waals surface area contributed by atoms with Crippen molar-refractivity contribution in [1.29, 1.82) is 0 Å². The molecule has 0 aromatic carbocycles. The molecule has 0 heterocycles. The van der Waals surface area contributed by atoms with E-state index in [1.807, 2.05) is 20.8 Å². The van der Waals surface area contributed by atoms with Crippen LogP contribution < -0.4 is 0 Å². The number of carbonyl (C=O) groups is 2. The van der Waals surface area contributed by atoms with Crippen molar-refractivity contribution in [3.63, 3.8) is 0 Å². The summed E-state index contributed by atoms with van der Waals surface area (Å²) < 4.78 is 0. The van der Waals surface area contributed by atoms with Gasteiger partial charge in [0.1, 0.15) is 6.54 Å². The Hall–Kier alpha value is -1.26. The lowest BCUT2D eigenvalue weighted by Crippen LogP contribution is -2.49. The van der Waals surface area contributed by atoms with Gasteiger partial charge < -0.3 is 14.9 Å². The highest BCUT2D eigenvalue weighted by atomic mass is 16.4. The van der Waals surface area contributed by atoms with E-state index in [1.54, 1.807) is 4.90 Å². The smallest absolute Gasteiger partial charge is 0.323 e. The third kappa shape index (κ3) is 5.38. The number of carboxylic acid groups (broad SMARTS) is 1. The fraction of sp³-hybridized carbons (Fsp3) is 0.846. The zero-order valence-corrected chi connectivity index (χ0v) is 12.1. The van der Waals surface area contributed by atoms with Gasteiger partial charge in [0.05, 0.1) is 0 Å². The van der Waals surface area contributed by atoms with Crippen molar-refractivity contribution in [2.45, 2.75) is 47.1 Å². The van der Waals surface area contributed by atoms with E-state index in [2.05, 4.69) is 13.8 Å². The Kier molecular flexibility index (Phi) is 7.39. The van der Waals surface area contributed by atoms with E-state index < -0.39 is 5.97 Å². The molecule has 0 rings (SSSR count). The second-order valence-electron chi connectivity index (χ2n) is 4.95. The van der Waals surface area contributed by atoms with Crippen molar-refractivity contribution in [2.75, 3.05) is 19.6 Å². The van der Waals surface area contributed by atoms with Crippen LogP contribution in [0.25, 0.3) is 0 Å². The molecule has 1 unspecified atom stereocenters. The van der Waals surface area contributed by atoms with E-state index >= 15 is 0 Å². The number of urea groups is 1. The Morgan fingerprint density at radius 2 is 1.72 bits per heavy atom. The highest BCUT2D eigenvalue weighted by molar-refractivity contribution is 5.80. The summed E-state index contributed by atoms with van der Waals surface area (Å²) in [6.07, 6.45) is 1.00. The molecule has 18 heavy (non-hydrogen) atoms. The van der Waals surface area contributed by atoms with Crippen LogP contribution in [0.1, 0.15) is 41.0 Å². The molecule has 1 atom stereocenters. The zero-order valence-electron chi connectivity index (χ0n) is 12.1. The lowest BCUT2D eigenvalue weighted by molar-refractivity contribution is -0.138. The van der Waals surface area contributed by atoms with Crippen LogP contribution in [0.15, 0.2) is 0 Å². The summed E-state index contributed by atoms with van der Waals surface area (Å²) in [5.41, 5.74) is 0. The number of carbonyl (C=O) groups excluding carboxylic acids is 1. The topological polar surface area (TPSA) is 60.9 Å². The van der Waals surface area contributed by atoms with Crippen molar-refractivity contribution in [2.24, 2.45) is 5.92 Å². The molecule has 0 bridgehead atoms. The number of nitrogens with zero attached hydrogens (tertiary/aromatic N) is 2. The Morgan fingerprint density at radius 1 is 1.17 bits per heavy atom. The first kappa shape index (κ1) is 16.7. The number of hydrogen-bond acceptors (Lipinski definition) is 2. The summed E-state index contributed by atoms with van der Waals surface area (Å²) >= 11 is 0. The quantitative estimate of drug-likeness (QED) is 0.762. The molecule has 0 saturated heterocycles. The van der Waals surface area contributed by atoms with E-state index in [4.69, 9.17) is 5.11 Å². The van der Waals surface area contributed by atoms with Gasteiger partial charge in [-0.2, -0.15) is 0 Å². The van der Waals surface area contributed by atoms with Gasteiger partial charge in [-0.1, -0.05) is 20.3 Å². The molecule has 0 aliphatic heterocycles. The normalized spacial score (nSPS) is 12.3. The van der Waals surface area contributed by atoms with Crippen molar-refractivity contribution >= 4 is 12.0 Å². The number of carboxylic acids is 1. The first-order chi connectivity index (χ1) is 8.33. The highest BCUT2D eigenvalue weighted by Gasteiger charge is 2.24. The van der Waals surface area contributed by atoms with Gasteiger partial charge in [0.2, 0.25) is 0 Å². The molecule has 5 heteroatoms. The van der Waals surface area contributed by atoms with Gasteiger partial charge in [0.15, 0.2) is 0 Å². The predicted octanol–water partition coefficient (Wildman–Crippen LogP) is 2.27. The molecule has 2 amide bonds. The molecule has 106 valence electrons. The first-order valence-corrected chi connectivity index (χ1v) is 6.60. The van der Waals surface area contributed by atoms with E-state index in [-0.39, 0.29) is 18.6 Å². The Morgan fingerprint density at radius 3 is 2.06 bits per heavy atom. The molecular weight excluding hydrogens is 232 g/mol. The standard InChI is InChI=1S/C13H26N2O3/c1-6-11(5)8-14(7-2)13(18)15(10(3)4)9-12(16)17/h10-11H,6-9H2,1-5H3,(H,16,17). The molecule has 0 aliphatic rings. The molecule has 0 aromatic heterocycles. The van der Waals surface area contributed by atoms with Gasteiger partial charge in [-0.05, 0) is 26.7 Å².